The van der Waals surface area contributed by atoms with E-state index in [-0.39, 0.29) is 5.91 Å². The van der Waals surface area contributed by atoms with Gasteiger partial charge in [-0.2, -0.15) is 0 Å². The number of nitrogens with one attached hydrogen (secondary N) is 2. The summed E-state index contributed by atoms with van der Waals surface area (Å²) in [4.78, 5) is 25.7. The summed E-state index contributed by atoms with van der Waals surface area (Å²) >= 11 is 0. The molecule has 5 nitrogen and oxygen atoms in total. The fraction of sp³-hybridized carbons (Fsp3) is 0.200. The van der Waals surface area contributed by atoms with Crippen molar-refractivity contribution in [2.45, 2.75) is 13.3 Å². The van der Waals surface area contributed by atoms with Crippen LogP contribution in [0.2, 0.25) is 0 Å². The number of methoxy groups -OCH3 is 1. The summed E-state index contributed by atoms with van der Waals surface area (Å²) in [5, 5.41) is 3.89. The number of hydrogen-bond acceptors (Lipinski definition) is 3. The third kappa shape index (κ3) is 3.55. The van der Waals surface area contributed by atoms with Crippen LogP contribution in [0.1, 0.15) is 22.8 Å². The van der Waals surface area contributed by atoms with Crippen LogP contribution < -0.4 is 10.1 Å². The first-order chi connectivity index (χ1) is 12.1. The first-order valence-corrected chi connectivity index (χ1v) is 8.11. The molecule has 1 heterocycles. The van der Waals surface area contributed by atoms with E-state index in [9.17, 15) is 9.59 Å². The molecule has 0 atom stereocenters. The Morgan fingerprint density at radius 3 is 2.80 bits per heavy atom. The van der Waals surface area contributed by atoms with Gasteiger partial charge in [0.1, 0.15) is 12.0 Å². The molecule has 2 N–H and O–H groups in total. The third-order valence-corrected chi connectivity index (χ3v) is 4.17. The molecule has 0 aliphatic heterocycles. The summed E-state index contributed by atoms with van der Waals surface area (Å²) in [6.45, 7) is 2.05. The molecule has 1 amide bonds. The van der Waals surface area contributed by atoms with Gasteiger partial charge in [0.25, 0.3) is 0 Å². The average molecular weight is 336 g/mol. The molecule has 128 valence electrons. The third-order valence-electron chi connectivity index (χ3n) is 4.17. The number of benzene rings is 2. The molecular formula is C20H20N2O3. The second-order valence-corrected chi connectivity index (χ2v) is 5.87. The van der Waals surface area contributed by atoms with Crippen molar-refractivity contribution in [1.29, 1.82) is 0 Å². The Morgan fingerprint density at radius 1 is 1.24 bits per heavy atom. The lowest BCUT2D eigenvalue weighted by Crippen LogP contribution is -2.22. The highest BCUT2D eigenvalue weighted by atomic mass is 16.5. The van der Waals surface area contributed by atoms with Crippen LogP contribution in [0.3, 0.4) is 0 Å². The van der Waals surface area contributed by atoms with E-state index in [1.165, 1.54) is 6.92 Å². The lowest BCUT2D eigenvalue weighted by Gasteiger charge is -2.07. The number of aldehydes is 1. The minimum atomic E-state index is -0.0538. The zero-order valence-corrected chi connectivity index (χ0v) is 14.3. The fourth-order valence-corrected chi connectivity index (χ4v) is 2.99. The summed E-state index contributed by atoms with van der Waals surface area (Å²) < 4.78 is 5.34. The highest BCUT2D eigenvalue weighted by Gasteiger charge is 2.14. The topological polar surface area (TPSA) is 71.2 Å². The van der Waals surface area contributed by atoms with E-state index in [0.717, 1.165) is 39.8 Å². The number of carbonyl (C=O) groups is 2. The normalized spacial score (nSPS) is 10.6. The molecular weight excluding hydrogens is 316 g/mol. The molecule has 25 heavy (non-hydrogen) atoms. The standard InChI is InChI=1S/C20H20N2O3/c1-13(24)21-9-8-17-18-11-16(25-2)6-7-19(18)22-20(17)15-5-3-4-14(10-15)12-23/h3-7,10-12,22H,8-9H2,1-2H3,(H,21,24). The molecule has 1 aromatic heterocycles. The van der Waals surface area contributed by atoms with E-state index in [2.05, 4.69) is 10.3 Å². The molecule has 0 spiro atoms. The first kappa shape index (κ1) is 16.8. The van der Waals surface area contributed by atoms with E-state index >= 15 is 0 Å². The minimum Gasteiger partial charge on any atom is -0.497 e. The molecule has 3 aromatic rings. The molecule has 2 aromatic carbocycles. The second-order valence-electron chi connectivity index (χ2n) is 5.87. The van der Waals surface area contributed by atoms with Crippen molar-refractivity contribution < 1.29 is 14.3 Å². The van der Waals surface area contributed by atoms with Crippen LogP contribution >= 0.6 is 0 Å². The monoisotopic (exact) mass is 336 g/mol. The maximum atomic E-state index is 11.2. The number of aromatic nitrogens is 1. The van der Waals surface area contributed by atoms with Crippen molar-refractivity contribution >= 4 is 23.1 Å². The van der Waals surface area contributed by atoms with Gasteiger partial charge in [-0.25, -0.2) is 0 Å². The van der Waals surface area contributed by atoms with Crippen molar-refractivity contribution in [3.05, 3.63) is 53.6 Å². The number of aromatic amines is 1. The van der Waals surface area contributed by atoms with Crippen LogP contribution in [0.25, 0.3) is 22.2 Å². The Labute approximate surface area is 146 Å². The van der Waals surface area contributed by atoms with Crippen molar-refractivity contribution in [1.82, 2.24) is 10.3 Å². The van der Waals surface area contributed by atoms with Crippen LogP contribution in [-0.2, 0) is 11.2 Å². The van der Waals surface area contributed by atoms with Crippen LogP contribution in [0.4, 0.5) is 0 Å². The van der Waals surface area contributed by atoms with Gasteiger partial charge in [-0.15, -0.1) is 0 Å². The zero-order valence-electron chi connectivity index (χ0n) is 14.3. The SMILES string of the molecule is COc1ccc2[nH]c(-c3cccc(C=O)c3)c(CCNC(C)=O)c2c1. The largest absolute Gasteiger partial charge is 0.497 e. The van der Waals surface area contributed by atoms with Crippen LogP contribution in [0.15, 0.2) is 42.5 Å². The summed E-state index contributed by atoms with van der Waals surface area (Å²) in [5.74, 6) is 0.724. The highest BCUT2D eigenvalue weighted by Crippen LogP contribution is 2.33. The summed E-state index contributed by atoms with van der Waals surface area (Å²) in [7, 11) is 1.64. The molecule has 0 aliphatic rings. The Balaban J connectivity index is 2.11. The smallest absolute Gasteiger partial charge is 0.216 e. The van der Waals surface area contributed by atoms with Gasteiger partial charge >= 0.3 is 0 Å². The molecule has 3 rings (SSSR count). The first-order valence-electron chi connectivity index (χ1n) is 8.11. The number of hydrogen-bond donors (Lipinski definition) is 2. The van der Waals surface area contributed by atoms with Crippen LogP contribution in [0, 0.1) is 0 Å². The molecule has 0 unspecified atom stereocenters. The minimum absolute atomic E-state index is 0.0538. The van der Waals surface area contributed by atoms with Gasteiger partial charge < -0.3 is 15.0 Å². The number of amides is 1. The Bertz CT molecular complexity index is 928. The second kappa shape index (κ2) is 7.21. The van der Waals surface area contributed by atoms with Gasteiger partial charge in [0, 0.05) is 35.6 Å². The molecule has 0 radical (unpaired) electrons. The average Bonchev–Trinajstić information content (AvgIpc) is 2.99. The van der Waals surface area contributed by atoms with Gasteiger partial charge in [-0.3, -0.25) is 9.59 Å². The highest BCUT2D eigenvalue weighted by molar-refractivity contribution is 5.92. The molecule has 0 fully saturated rings. The lowest BCUT2D eigenvalue weighted by molar-refractivity contribution is -0.118. The predicted molar refractivity (Wildman–Crippen MR) is 98.1 cm³/mol. The van der Waals surface area contributed by atoms with Crippen molar-refractivity contribution in [2.75, 3.05) is 13.7 Å². The van der Waals surface area contributed by atoms with Crippen molar-refractivity contribution in [3.63, 3.8) is 0 Å². The molecule has 0 bridgehead atoms. The Kier molecular flexibility index (Phi) is 4.84. The Hall–Kier alpha value is -3.08. The zero-order chi connectivity index (χ0) is 17.8. The number of rotatable bonds is 6. The van der Waals surface area contributed by atoms with Crippen LogP contribution in [-0.4, -0.2) is 30.8 Å². The predicted octanol–water partition coefficient (Wildman–Crippen LogP) is 3.33. The summed E-state index contributed by atoms with van der Waals surface area (Å²) in [6, 6.07) is 13.3. The van der Waals surface area contributed by atoms with Crippen LogP contribution in [0.5, 0.6) is 5.75 Å². The van der Waals surface area contributed by atoms with Crippen molar-refractivity contribution in [3.8, 4) is 17.0 Å². The van der Waals surface area contributed by atoms with Crippen molar-refractivity contribution in [2.24, 2.45) is 0 Å². The van der Waals surface area contributed by atoms with E-state index in [1.807, 2.05) is 36.4 Å². The van der Waals surface area contributed by atoms with E-state index < -0.39 is 0 Å². The Morgan fingerprint density at radius 2 is 2.08 bits per heavy atom. The summed E-state index contributed by atoms with van der Waals surface area (Å²) in [6.07, 6.45) is 1.51. The van der Waals surface area contributed by atoms with E-state index in [4.69, 9.17) is 4.74 Å². The number of carbonyl (C=O) groups excluding carboxylic acids is 2. The maximum absolute atomic E-state index is 11.2. The lowest BCUT2D eigenvalue weighted by atomic mass is 10.0. The van der Waals surface area contributed by atoms with E-state index in [1.54, 1.807) is 13.2 Å². The number of ether oxygens (including phenoxy) is 1. The van der Waals surface area contributed by atoms with E-state index in [0.29, 0.717) is 18.5 Å². The number of H-pyrrole nitrogens is 1. The van der Waals surface area contributed by atoms with Gasteiger partial charge in [0.05, 0.1) is 7.11 Å². The number of fused-ring (bicyclic) bond motifs is 1. The molecule has 5 heteroatoms. The fourth-order valence-electron chi connectivity index (χ4n) is 2.99. The maximum Gasteiger partial charge on any atom is 0.216 e. The van der Waals surface area contributed by atoms with Gasteiger partial charge in [0.15, 0.2) is 0 Å². The molecule has 0 saturated carbocycles. The molecule has 0 aliphatic carbocycles. The quantitative estimate of drug-likeness (QED) is 0.678. The van der Waals surface area contributed by atoms with Gasteiger partial charge in [-0.05, 0) is 41.8 Å². The summed E-state index contributed by atoms with van der Waals surface area (Å²) in [5.41, 5.74) is 4.60. The van der Waals surface area contributed by atoms with Gasteiger partial charge in [0.2, 0.25) is 5.91 Å². The molecule has 0 saturated heterocycles. The van der Waals surface area contributed by atoms with Gasteiger partial charge in [-0.1, -0.05) is 18.2 Å².